The second kappa shape index (κ2) is 5.36. The Morgan fingerprint density at radius 3 is 2.90 bits per heavy atom. The van der Waals surface area contributed by atoms with Crippen molar-refractivity contribution in [2.24, 2.45) is 0 Å². The van der Waals surface area contributed by atoms with E-state index < -0.39 is 5.97 Å². The van der Waals surface area contributed by atoms with Crippen molar-refractivity contribution in [2.75, 3.05) is 13.2 Å². The first-order valence-electron chi connectivity index (χ1n) is 6.61. The number of esters is 1. The zero-order valence-corrected chi connectivity index (χ0v) is 10.9. The number of para-hydroxylation sites is 1. The van der Waals surface area contributed by atoms with Gasteiger partial charge in [0.05, 0.1) is 5.57 Å². The van der Waals surface area contributed by atoms with E-state index in [1.54, 1.807) is 6.08 Å². The molecule has 1 fully saturated rings. The lowest BCUT2D eigenvalue weighted by Crippen LogP contribution is -2.31. The molecule has 0 atom stereocenters. The molecule has 1 amide bonds. The molecule has 1 aromatic carbocycles. The van der Waals surface area contributed by atoms with Crippen molar-refractivity contribution < 1.29 is 19.1 Å². The summed E-state index contributed by atoms with van der Waals surface area (Å²) in [6, 6.07) is 7.72. The Hall–Kier alpha value is -2.30. The highest BCUT2D eigenvalue weighted by atomic mass is 16.5. The van der Waals surface area contributed by atoms with Crippen LogP contribution in [-0.4, -0.2) is 31.1 Å². The van der Waals surface area contributed by atoms with Gasteiger partial charge in [-0.05, 0) is 25.0 Å². The van der Waals surface area contributed by atoms with Crippen LogP contribution in [0, 0.1) is 0 Å². The van der Waals surface area contributed by atoms with E-state index in [-0.39, 0.29) is 25.2 Å². The van der Waals surface area contributed by atoms with Gasteiger partial charge in [0.1, 0.15) is 12.4 Å². The third kappa shape index (κ3) is 2.99. The number of fused-ring (bicyclic) bond motifs is 1. The molecule has 1 saturated carbocycles. The molecule has 1 aliphatic carbocycles. The largest absolute Gasteiger partial charge is 0.488 e. The number of rotatable bonds is 4. The van der Waals surface area contributed by atoms with E-state index in [0.717, 1.165) is 24.2 Å². The van der Waals surface area contributed by atoms with E-state index >= 15 is 0 Å². The minimum atomic E-state index is -0.509. The Labute approximate surface area is 116 Å². The molecule has 0 saturated heterocycles. The fourth-order valence-corrected chi connectivity index (χ4v) is 1.95. The molecule has 20 heavy (non-hydrogen) atoms. The van der Waals surface area contributed by atoms with Crippen LogP contribution in [0.2, 0.25) is 0 Å². The molecule has 0 aromatic heterocycles. The van der Waals surface area contributed by atoms with Crippen molar-refractivity contribution in [3.8, 4) is 5.75 Å². The average Bonchev–Trinajstić information content (AvgIpc) is 3.28. The highest BCUT2D eigenvalue weighted by molar-refractivity contribution is 5.96. The Morgan fingerprint density at radius 1 is 1.30 bits per heavy atom. The van der Waals surface area contributed by atoms with Crippen LogP contribution < -0.4 is 10.1 Å². The summed E-state index contributed by atoms with van der Waals surface area (Å²) < 4.78 is 10.5. The molecule has 104 valence electrons. The Balaban J connectivity index is 1.57. The van der Waals surface area contributed by atoms with E-state index in [0.29, 0.717) is 5.57 Å². The van der Waals surface area contributed by atoms with E-state index in [9.17, 15) is 9.59 Å². The van der Waals surface area contributed by atoms with Gasteiger partial charge in [0, 0.05) is 11.6 Å². The number of nitrogens with one attached hydrogen (secondary N) is 1. The van der Waals surface area contributed by atoms with Crippen LogP contribution >= 0.6 is 0 Å². The van der Waals surface area contributed by atoms with Crippen LogP contribution in [0.3, 0.4) is 0 Å². The molecule has 0 bridgehead atoms. The monoisotopic (exact) mass is 273 g/mol. The minimum absolute atomic E-state index is 0.167. The molecule has 1 heterocycles. The number of carbonyl (C=O) groups excluding carboxylic acids is 2. The van der Waals surface area contributed by atoms with Gasteiger partial charge in [-0.3, -0.25) is 4.79 Å². The zero-order chi connectivity index (χ0) is 13.9. The summed E-state index contributed by atoms with van der Waals surface area (Å²) in [5.41, 5.74) is 1.26. The number of hydrogen-bond acceptors (Lipinski definition) is 4. The Morgan fingerprint density at radius 2 is 2.10 bits per heavy atom. The quantitative estimate of drug-likeness (QED) is 0.839. The van der Waals surface area contributed by atoms with Gasteiger partial charge in [0.25, 0.3) is 5.91 Å². The maximum atomic E-state index is 11.9. The van der Waals surface area contributed by atoms with Crippen molar-refractivity contribution in [3.05, 3.63) is 35.4 Å². The van der Waals surface area contributed by atoms with Crippen LogP contribution in [0.25, 0.3) is 6.08 Å². The van der Waals surface area contributed by atoms with Crippen molar-refractivity contribution in [2.45, 2.75) is 18.9 Å². The lowest BCUT2D eigenvalue weighted by atomic mass is 10.1. The highest BCUT2D eigenvalue weighted by Gasteiger charge is 2.24. The third-order valence-electron chi connectivity index (χ3n) is 3.17. The summed E-state index contributed by atoms with van der Waals surface area (Å²) in [5, 5.41) is 2.76. The number of ether oxygens (including phenoxy) is 2. The van der Waals surface area contributed by atoms with Crippen molar-refractivity contribution in [1.29, 1.82) is 0 Å². The van der Waals surface area contributed by atoms with Gasteiger partial charge in [-0.15, -0.1) is 0 Å². The number of carbonyl (C=O) groups is 2. The first-order valence-corrected chi connectivity index (χ1v) is 6.61. The van der Waals surface area contributed by atoms with Gasteiger partial charge < -0.3 is 14.8 Å². The van der Waals surface area contributed by atoms with E-state index in [1.807, 2.05) is 24.3 Å². The SMILES string of the molecule is O=C(COC(=O)C1=Cc2ccccc2OC1)NC1CC1. The second-order valence-corrected chi connectivity index (χ2v) is 4.91. The molecule has 2 aliphatic rings. The summed E-state index contributed by atoms with van der Waals surface area (Å²) in [6.07, 6.45) is 3.75. The van der Waals surface area contributed by atoms with Crippen LogP contribution in [0.5, 0.6) is 5.75 Å². The second-order valence-electron chi connectivity index (χ2n) is 4.91. The topological polar surface area (TPSA) is 64.6 Å². The minimum Gasteiger partial charge on any atom is -0.488 e. The van der Waals surface area contributed by atoms with Crippen LogP contribution in [-0.2, 0) is 14.3 Å². The molecule has 1 aliphatic heterocycles. The average molecular weight is 273 g/mol. The van der Waals surface area contributed by atoms with Gasteiger partial charge in [-0.1, -0.05) is 18.2 Å². The molecular formula is C15H15NO4. The standard InChI is InChI=1S/C15H15NO4/c17-14(16-12-5-6-12)9-20-15(18)11-7-10-3-1-2-4-13(10)19-8-11/h1-4,7,12H,5-6,8-9H2,(H,16,17). The lowest BCUT2D eigenvalue weighted by molar-refractivity contribution is -0.145. The van der Waals surface area contributed by atoms with E-state index in [1.165, 1.54) is 0 Å². The van der Waals surface area contributed by atoms with Gasteiger partial charge >= 0.3 is 5.97 Å². The first kappa shape index (κ1) is 12.7. The predicted molar refractivity (Wildman–Crippen MR) is 72.0 cm³/mol. The third-order valence-corrected chi connectivity index (χ3v) is 3.17. The van der Waals surface area contributed by atoms with E-state index in [4.69, 9.17) is 9.47 Å². The van der Waals surface area contributed by atoms with Crippen molar-refractivity contribution in [1.82, 2.24) is 5.32 Å². The fraction of sp³-hybridized carbons (Fsp3) is 0.333. The Bertz CT molecular complexity index is 575. The number of hydrogen-bond donors (Lipinski definition) is 1. The van der Waals surface area contributed by atoms with Gasteiger partial charge in [0.15, 0.2) is 6.61 Å². The highest BCUT2D eigenvalue weighted by Crippen LogP contribution is 2.26. The molecule has 1 N–H and O–H groups in total. The van der Waals surface area contributed by atoms with Crippen LogP contribution in [0.4, 0.5) is 0 Å². The smallest absolute Gasteiger partial charge is 0.338 e. The van der Waals surface area contributed by atoms with Gasteiger partial charge in [-0.2, -0.15) is 0 Å². The van der Waals surface area contributed by atoms with Crippen LogP contribution in [0.15, 0.2) is 29.8 Å². The zero-order valence-electron chi connectivity index (χ0n) is 10.9. The molecule has 1 aromatic rings. The molecule has 0 unspecified atom stereocenters. The lowest BCUT2D eigenvalue weighted by Gasteiger charge is -2.16. The molecule has 3 rings (SSSR count). The summed E-state index contributed by atoms with van der Waals surface area (Å²) in [7, 11) is 0. The summed E-state index contributed by atoms with van der Waals surface area (Å²) in [4.78, 5) is 23.3. The van der Waals surface area contributed by atoms with E-state index in [2.05, 4.69) is 5.32 Å². The fourth-order valence-electron chi connectivity index (χ4n) is 1.95. The molecular weight excluding hydrogens is 258 g/mol. The number of benzene rings is 1. The molecule has 0 spiro atoms. The van der Waals surface area contributed by atoms with Crippen LogP contribution in [0.1, 0.15) is 18.4 Å². The Kier molecular flexibility index (Phi) is 3.41. The normalized spacial score (nSPS) is 16.5. The van der Waals surface area contributed by atoms with Crippen molar-refractivity contribution >= 4 is 18.0 Å². The van der Waals surface area contributed by atoms with Gasteiger partial charge in [-0.25, -0.2) is 4.79 Å². The molecule has 5 nitrogen and oxygen atoms in total. The maximum Gasteiger partial charge on any atom is 0.338 e. The maximum absolute atomic E-state index is 11.9. The summed E-state index contributed by atoms with van der Waals surface area (Å²) >= 11 is 0. The summed E-state index contributed by atoms with van der Waals surface area (Å²) in [6.45, 7) is -0.0750. The molecule has 0 radical (unpaired) electrons. The molecule has 5 heteroatoms. The summed E-state index contributed by atoms with van der Waals surface area (Å²) in [5.74, 6) is -0.0143. The first-order chi connectivity index (χ1) is 9.72. The van der Waals surface area contributed by atoms with Crippen molar-refractivity contribution in [3.63, 3.8) is 0 Å². The number of amides is 1. The van der Waals surface area contributed by atoms with Gasteiger partial charge in [0.2, 0.25) is 0 Å². The predicted octanol–water partition coefficient (Wildman–Crippen LogP) is 1.28.